The molecule has 2 amide bonds. The van der Waals surface area contributed by atoms with Gasteiger partial charge >= 0.3 is 0 Å². The van der Waals surface area contributed by atoms with Crippen molar-refractivity contribution in [2.75, 3.05) is 19.4 Å². The molecule has 1 unspecified atom stereocenters. The highest BCUT2D eigenvalue weighted by Crippen LogP contribution is 2.56. The van der Waals surface area contributed by atoms with Gasteiger partial charge in [0.05, 0.1) is 29.3 Å². The number of primary amides is 1. The summed E-state index contributed by atoms with van der Waals surface area (Å²) in [6.07, 6.45) is 4.07. The number of phenols is 1. The molecule has 1 saturated carbocycles. The monoisotopic (exact) mass is 721 g/mol. The number of fused-ring (bicyclic) bond motifs is 3. The molecule has 0 saturated heterocycles. The highest BCUT2D eigenvalue weighted by Gasteiger charge is 2.68. The fourth-order valence-electron chi connectivity index (χ4n) is 8.34. The van der Waals surface area contributed by atoms with Gasteiger partial charge in [-0.15, -0.1) is 9.24 Å². The average molecular weight is 722 g/mol. The second-order valence-corrected chi connectivity index (χ2v) is 15.0. The molecule has 12 nitrogen and oxygen atoms in total. The number of rotatable bonds is 11. The van der Waals surface area contributed by atoms with Crippen molar-refractivity contribution in [1.29, 1.82) is 0 Å². The van der Waals surface area contributed by atoms with E-state index in [1.807, 2.05) is 0 Å². The minimum Gasteiger partial charge on any atom is -0.508 e. The summed E-state index contributed by atoms with van der Waals surface area (Å²) >= 11 is 0. The highest BCUT2D eigenvalue weighted by molar-refractivity contribution is 7.27. The lowest BCUT2D eigenvalue weighted by Crippen LogP contribution is -2.70. The Labute approximate surface area is 299 Å². The molecule has 7 atom stereocenters. The molecular weight excluding hydrogens is 673 g/mol. The van der Waals surface area contributed by atoms with E-state index in [0.29, 0.717) is 12.0 Å². The number of aliphatic hydroxyl groups is 4. The van der Waals surface area contributed by atoms with Crippen molar-refractivity contribution in [1.82, 2.24) is 4.90 Å². The third kappa shape index (κ3) is 6.37. The summed E-state index contributed by atoms with van der Waals surface area (Å²) in [5.74, 6) is -10.1. The zero-order chi connectivity index (χ0) is 37.7. The molecule has 0 spiro atoms. The first-order chi connectivity index (χ1) is 24.0. The summed E-state index contributed by atoms with van der Waals surface area (Å²) in [5, 5.41) is 61.4. The number of phenolic OH excluding ortho intramolecular Hbond substituents is 1. The molecule has 0 bridgehead atoms. The van der Waals surface area contributed by atoms with Crippen LogP contribution in [0.3, 0.4) is 0 Å². The number of nitrogens with one attached hydrogen (secondary N) is 1. The summed E-state index contributed by atoms with van der Waals surface area (Å²) in [4.78, 5) is 53.9. The van der Waals surface area contributed by atoms with Gasteiger partial charge < -0.3 is 36.6 Å². The molecule has 5 rings (SSSR count). The zero-order valence-corrected chi connectivity index (χ0v) is 30.8. The molecule has 3 aliphatic rings. The number of anilines is 1. The quantitative estimate of drug-likeness (QED) is 0.0780. The van der Waals surface area contributed by atoms with Gasteiger partial charge in [0.2, 0.25) is 11.7 Å². The van der Waals surface area contributed by atoms with Crippen LogP contribution in [-0.4, -0.2) is 85.7 Å². The Hall–Kier alpha value is -4.09. The second-order valence-electron chi connectivity index (χ2n) is 14.4. The molecule has 2 aromatic rings. The van der Waals surface area contributed by atoms with Crippen LogP contribution in [0.15, 0.2) is 41.2 Å². The van der Waals surface area contributed by atoms with Crippen LogP contribution in [0, 0.1) is 25.7 Å². The molecule has 3 aliphatic carbocycles. The highest BCUT2D eigenvalue weighted by atomic mass is 31.0. The van der Waals surface area contributed by atoms with Gasteiger partial charge in [0.1, 0.15) is 22.8 Å². The molecule has 0 heterocycles. The van der Waals surface area contributed by atoms with Crippen LogP contribution in [0.5, 0.6) is 5.75 Å². The number of carbonyl (C=O) groups is 4. The molecule has 274 valence electrons. The van der Waals surface area contributed by atoms with Gasteiger partial charge in [-0.1, -0.05) is 44.4 Å². The van der Waals surface area contributed by atoms with Crippen LogP contribution in [-0.2, 0) is 25.6 Å². The van der Waals surface area contributed by atoms with Gasteiger partial charge in [-0.05, 0) is 86.7 Å². The molecule has 0 radical (unpaired) electrons. The molecule has 2 aromatic carbocycles. The van der Waals surface area contributed by atoms with E-state index in [1.165, 1.54) is 47.1 Å². The Bertz CT molecular complexity index is 1870. The number of ketones is 2. The van der Waals surface area contributed by atoms with E-state index in [-0.39, 0.29) is 23.6 Å². The van der Waals surface area contributed by atoms with E-state index in [2.05, 4.69) is 40.5 Å². The lowest BCUT2D eigenvalue weighted by Gasteiger charge is -2.53. The molecular formula is C38H48N3O9P. The number of Topliss-reactive ketones (excluding diaryl/α,β-unsaturated/α-hetero) is 2. The topological polar surface area (TPSA) is 211 Å². The number of nitrogens with two attached hydrogens (primary N) is 1. The van der Waals surface area contributed by atoms with Crippen LogP contribution in [0.1, 0.15) is 79.2 Å². The maximum atomic E-state index is 14.2. The SMILES string of the molecule is Cc1ccc(P)c(C)c1CCCCCCCC(=O)Nc1ccc2c(c1O)C(O)=C1C(=O)[C@]3(O)C(O)=C(C(N)=O)C(=O)[C@@H](N(C)C)[C@@H]3[C@@H](O)[C@@H]1[C@H]2C. The number of unbranched alkanes of at least 4 members (excludes halogenated alkanes) is 4. The van der Waals surface area contributed by atoms with E-state index in [9.17, 15) is 44.7 Å². The average Bonchev–Trinajstić information content (AvgIpc) is 3.06. The number of likely N-dealkylation sites (N-methyl/N-ethyl adjacent to an activating group) is 1. The van der Waals surface area contributed by atoms with Gasteiger partial charge in [0.25, 0.3) is 5.91 Å². The normalized spacial score (nSPS) is 25.9. The Morgan fingerprint density at radius 3 is 2.29 bits per heavy atom. The Morgan fingerprint density at radius 1 is 1.00 bits per heavy atom. The molecule has 0 aliphatic heterocycles. The van der Waals surface area contributed by atoms with E-state index in [4.69, 9.17) is 5.73 Å². The number of amides is 2. The summed E-state index contributed by atoms with van der Waals surface area (Å²) in [7, 11) is 5.68. The van der Waals surface area contributed by atoms with E-state index >= 15 is 0 Å². The van der Waals surface area contributed by atoms with E-state index in [0.717, 1.165) is 32.1 Å². The van der Waals surface area contributed by atoms with Crippen LogP contribution in [0.25, 0.3) is 5.76 Å². The third-order valence-corrected chi connectivity index (χ3v) is 11.7. The maximum Gasteiger partial charge on any atom is 0.255 e. The van der Waals surface area contributed by atoms with Crippen molar-refractivity contribution in [3.05, 3.63) is 69.0 Å². The fourth-order valence-corrected chi connectivity index (χ4v) is 8.61. The standard InChI is InChI=1S/C38H48N3O9P/c1-17-13-16-23(51)18(2)20(17)11-9-7-6-8-10-12-24(42)40-22-15-14-21-19(3)25-27(32(44)26(21)31(22)43)35(47)38(50)29(33(25)45)30(41(4)5)34(46)28(36(38)48)37(39)49/h13-16,19,25,29-30,33,43-45,48,50H,6-12,51H2,1-5H3,(H2,39,49)(H,40,42)/t19-,25+,29+,30-,33-,38-/m0/s1. The number of benzene rings is 2. The van der Waals surface area contributed by atoms with Crippen molar-refractivity contribution in [3.8, 4) is 5.75 Å². The second kappa shape index (κ2) is 14.5. The zero-order valence-electron chi connectivity index (χ0n) is 29.6. The van der Waals surface area contributed by atoms with Gasteiger partial charge in [-0.25, -0.2) is 0 Å². The van der Waals surface area contributed by atoms with Crippen molar-refractivity contribution >= 4 is 49.4 Å². The molecule has 0 aromatic heterocycles. The molecule has 51 heavy (non-hydrogen) atoms. The first-order valence-electron chi connectivity index (χ1n) is 17.3. The predicted molar refractivity (Wildman–Crippen MR) is 196 cm³/mol. The van der Waals surface area contributed by atoms with Gasteiger partial charge in [-0.2, -0.15) is 0 Å². The predicted octanol–water partition coefficient (Wildman–Crippen LogP) is 3.13. The first-order valence-corrected chi connectivity index (χ1v) is 17.9. The van der Waals surface area contributed by atoms with Crippen molar-refractivity contribution < 1.29 is 44.7 Å². The summed E-state index contributed by atoms with van der Waals surface area (Å²) in [6.45, 7) is 5.92. The van der Waals surface area contributed by atoms with Crippen LogP contribution in [0.2, 0.25) is 0 Å². The number of aryl methyl sites for hydroxylation is 1. The lowest BCUT2D eigenvalue weighted by molar-refractivity contribution is -0.169. The van der Waals surface area contributed by atoms with Gasteiger partial charge in [0.15, 0.2) is 11.4 Å². The smallest absolute Gasteiger partial charge is 0.255 e. The number of nitrogens with zero attached hydrogens (tertiary/aromatic N) is 1. The van der Waals surface area contributed by atoms with Crippen LogP contribution < -0.4 is 16.4 Å². The number of hydrogen-bond acceptors (Lipinski definition) is 10. The third-order valence-electron chi connectivity index (χ3n) is 11.1. The summed E-state index contributed by atoms with van der Waals surface area (Å²) < 4.78 is 0. The minimum atomic E-state index is -3.00. The lowest BCUT2D eigenvalue weighted by atomic mass is 9.54. The Morgan fingerprint density at radius 2 is 1.65 bits per heavy atom. The maximum absolute atomic E-state index is 14.2. The summed E-state index contributed by atoms with van der Waals surface area (Å²) in [6, 6.07) is 5.87. The Balaban J connectivity index is 1.32. The van der Waals surface area contributed by atoms with E-state index < -0.39 is 81.4 Å². The number of hydrogen-bond donors (Lipinski definition) is 7. The summed E-state index contributed by atoms with van der Waals surface area (Å²) in [5.41, 5.74) is 5.07. The van der Waals surface area contributed by atoms with Gasteiger partial charge in [0, 0.05) is 17.9 Å². The Kier molecular flexibility index (Phi) is 10.8. The van der Waals surface area contributed by atoms with Crippen LogP contribution in [0.4, 0.5) is 5.69 Å². The largest absolute Gasteiger partial charge is 0.508 e. The number of carbonyl (C=O) groups excluding carboxylic acids is 4. The first kappa shape index (κ1) is 38.1. The molecule has 1 fully saturated rings. The van der Waals surface area contributed by atoms with E-state index in [1.54, 1.807) is 13.0 Å². The number of aliphatic hydroxyl groups excluding tert-OH is 3. The minimum absolute atomic E-state index is 0.00584. The molecule has 8 N–H and O–H groups in total. The van der Waals surface area contributed by atoms with Crippen molar-refractivity contribution in [2.24, 2.45) is 17.6 Å². The van der Waals surface area contributed by atoms with Gasteiger partial charge in [-0.3, -0.25) is 24.1 Å². The number of aromatic hydroxyl groups is 1. The fraction of sp³-hybridized carbons (Fsp3) is 0.474. The van der Waals surface area contributed by atoms with Crippen LogP contribution >= 0.6 is 9.24 Å². The van der Waals surface area contributed by atoms with Crippen molar-refractivity contribution in [2.45, 2.75) is 89.4 Å². The molecule has 13 heteroatoms. The van der Waals surface area contributed by atoms with Crippen molar-refractivity contribution in [3.63, 3.8) is 0 Å².